The van der Waals surface area contributed by atoms with Crippen molar-refractivity contribution in [1.29, 1.82) is 0 Å². The average Bonchev–Trinajstić information content (AvgIpc) is 2.72. The van der Waals surface area contributed by atoms with Crippen LogP contribution >= 0.6 is 0 Å². The largest absolute Gasteiger partial charge is 0.466 e. The zero-order valence-electron chi connectivity index (χ0n) is 14.2. The third kappa shape index (κ3) is 4.42. The van der Waals surface area contributed by atoms with Crippen molar-refractivity contribution in [3.05, 3.63) is 0 Å². The Kier molecular flexibility index (Phi) is 6.52. The normalized spacial score (nSPS) is 25.7. The summed E-state index contributed by atoms with van der Waals surface area (Å²) >= 11 is 0. The van der Waals surface area contributed by atoms with Gasteiger partial charge in [-0.25, -0.2) is 9.59 Å². The molecule has 0 unspecified atom stereocenters. The van der Waals surface area contributed by atoms with Crippen LogP contribution in [0.25, 0.3) is 0 Å². The topological polar surface area (TPSA) is 97.4 Å². The van der Waals surface area contributed by atoms with Gasteiger partial charge in [0.1, 0.15) is 0 Å². The number of ether oxygens (including phenoxy) is 5. The number of esters is 3. The van der Waals surface area contributed by atoms with Crippen LogP contribution in [0, 0.1) is 0 Å². The van der Waals surface area contributed by atoms with Crippen molar-refractivity contribution >= 4 is 17.9 Å². The predicted molar refractivity (Wildman–Crippen MR) is 77.3 cm³/mol. The van der Waals surface area contributed by atoms with Crippen LogP contribution in [0.5, 0.6) is 0 Å². The fourth-order valence-electron chi connectivity index (χ4n) is 2.38. The molecule has 23 heavy (non-hydrogen) atoms. The highest BCUT2D eigenvalue weighted by Gasteiger charge is 2.64. The Balaban J connectivity index is 3.23. The monoisotopic (exact) mass is 332 g/mol. The van der Waals surface area contributed by atoms with Crippen molar-refractivity contribution in [2.75, 3.05) is 19.8 Å². The molecular formula is C15H24O8. The lowest BCUT2D eigenvalue weighted by molar-refractivity contribution is -0.194. The van der Waals surface area contributed by atoms with Gasteiger partial charge in [0.15, 0.2) is 11.9 Å². The molecule has 1 fully saturated rings. The van der Waals surface area contributed by atoms with Gasteiger partial charge in [0.05, 0.1) is 26.2 Å². The number of carbonyl (C=O) groups excluding carboxylic acids is 3. The molecule has 8 nitrogen and oxygen atoms in total. The highest BCUT2D eigenvalue weighted by molar-refractivity contribution is 5.93. The molecule has 0 radical (unpaired) electrons. The highest BCUT2D eigenvalue weighted by atomic mass is 16.8. The maximum atomic E-state index is 12.5. The molecule has 0 aliphatic carbocycles. The molecule has 1 aliphatic heterocycles. The summed E-state index contributed by atoms with van der Waals surface area (Å²) in [6, 6.07) is 0. The first kappa shape index (κ1) is 19.4. The average molecular weight is 332 g/mol. The molecule has 0 amide bonds. The van der Waals surface area contributed by atoms with Crippen molar-refractivity contribution in [3.63, 3.8) is 0 Å². The summed E-state index contributed by atoms with van der Waals surface area (Å²) in [5.74, 6) is -3.63. The Bertz CT molecular complexity index is 458. The molecule has 0 bridgehead atoms. The van der Waals surface area contributed by atoms with Crippen LogP contribution in [0.2, 0.25) is 0 Å². The lowest BCUT2D eigenvalue weighted by atomic mass is 9.92. The zero-order valence-corrected chi connectivity index (χ0v) is 14.2. The molecule has 1 saturated heterocycles. The van der Waals surface area contributed by atoms with Crippen molar-refractivity contribution in [1.82, 2.24) is 0 Å². The standard InChI is InChI=1S/C15H24O8/c1-6-19-10(16)9-15(13(18)21-8-3)11(12(17)20-7-2)22-14(4,5)23-15/h11H,6-9H2,1-5H3/t11-,15+/m1/s1. The van der Waals surface area contributed by atoms with Gasteiger partial charge in [-0.2, -0.15) is 0 Å². The highest BCUT2D eigenvalue weighted by Crippen LogP contribution is 2.40. The second-order valence-corrected chi connectivity index (χ2v) is 5.34. The first-order valence-electron chi connectivity index (χ1n) is 7.59. The molecule has 1 aliphatic rings. The summed E-state index contributed by atoms with van der Waals surface area (Å²) in [7, 11) is 0. The first-order chi connectivity index (χ1) is 10.7. The number of hydrogen-bond donors (Lipinski definition) is 0. The van der Waals surface area contributed by atoms with E-state index in [0.29, 0.717) is 0 Å². The smallest absolute Gasteiger partial charge is 0.342 e. The minimum absolute atomic E-state index is 0.0583. The van der Waals surface area contributed by atoms with E-state index in [-0.39, 0.29) is 19.8 Å². The summed E-state index contributed by atoms with van der Waals surface area (Å²) in [6.07, 6.45) is -1.92. The van der Waals surface area contributed by atoms with Gasteiger partial charge in [0.2, 0.25) is 5.60 Å². The van der Waals surface area contributed by atoms with Crippen molar-refractivity contribution in [2.24, 2.45) is 0 Å². The van der Waals surface area contributed by atoms with Crippen LogP contribution < -0.4 is 0 Å². The molecule has 0 aromatic heterocycles. The summed E-state index contributed by atoms with van der Waals surface area (Å²) < 4.78 is 26.0. The Morgan fingerprint density at radius 2 is 1.52 bits per heavy atom. The maximum absolute atomic E-state index is 12.5. The fraction of sp³-hybridized carbons (Fsp3) is 0.800. The zero-order chi connectivity index (χ0) is 17.7. The molecule has 0 spiro atoms. The second kappa shape index (κ2) is 7.74. The number of carbonyl (C=O) groups is 3. The van der Waals surface area contributed by atoms with Gasteiger partial charge in [-0.05, 0) is 34.6 Å². The summed E-state index contributed by atoms with van der Waals surface area (Å²) in [4.78, 5) is 36.6. The molecule has 1 heterocycles. The van der Waals surface area contributed by atoms with Crippen LogP contribution in [0.1, 0.15) is 41.0 Å². The van der Waals surface area contributed by atoms with Gasteiger partial charge in [-0.3, -0.25) is 4.79 Å². The minimum atomic E-state index is -1.93. The van der Waals surface area contributed by atoms with Gasteiger partial charge in [-0.15, -0.1) is 0 Å². The van der Waals surface area contributed by atoms with E-state index in [2.05, 4.69) is 0 Å². The summed E-state index contributed by atoms with van der Waals surface area (Å²) in [6.45, 7) is 8.21. The quantitative estimate of drug-likeness (QED) is 0.502. The van der Waals surface area contributed by atoms with E-state index in [1.807, 2.05) is 0 Å². The molecule has 0 aromatic rings. The lowest BCUT2D eigenvalue weighted by Gasteiger charge is -2.28. The fourth-order valence-corrected chi connectivity index (χ4v) is 2.38. The van der Waals surface area contributed by atoms with Gasteiger partial charge < -0.3 is 23.7 Å². The van der Waals surface area contributed by atoms with E-state index >= 15 is 0 Å². The van der Waals surface area contributed by atoms with Gasteiger partial charge >= 0.3 is 17.9 Å². The van der Waals surface area contributed by atoms with Crippen LogP contribution in [0.4, 0.5) is 0 Å². The molecule has 0 N–H and O–H groups in total. The number of hydrogen-bond acceptors (Lipinski definition) is 8. The minimum Gasteiger partial charge on any atom is -0.466 e. The van der Waals surface area contributed by atoms with E-state index in [9.17, 15) is 14.4 Å². The Morgan fingerprint density at radius 3 is 2.04 bits per heavy atom. The summed E-state index contributed by atoms with van der Waals surface area (Å²) in [5.41, 5.74) is -1.93. The van der Waals surface area contributed by atoms with Crippen molar-refractivity contribution in [2.45, 2.75) is 58.5 Å². The van der Waals surface area contributed by atoms with E-state index < -0.39 is 41.8 Å². The van der Waals surface area contributed by atoms with Crippen LogP contribution in [0.3, 0.4) is 0 Å². The van der Waals surface area contributed by atoms with E-state index in [1.54, 1.807) is 20.8 Å². The molecular weight excluding hydrogens is 308 g/mol. The lowest BCUT2D eigenvalue weighted by Crippen LogP contribution is -2.54. The predicted octanol–water partition coefficient (Wildman–Crippen LogP) is 0.956. The van der Waals surface area contributed by atoms with Gasteiger partial charge in [0.25, 0.3) is 0 Å². The van der Waals surface area contributed by atoms with Gasteiger partial charge in [-0.1, -0.05) is 0 Å². The Hall–Kier alpha value is -1.67. The molecule has 0 aromatic carbocycles. The van der Waals surface area contributed by atoms with Crippen LogP contribution in [0.15, 0.2) is 0 Å². The SMILES string of the molecule is CCOC(=O)C[C@]1(C(=O)OCC)OC(C)(C)O[C@@H]1C(=O)OCC. The molecule has 0 saturated carbocycles. The van der Waals surface area contributed by atoms with E-state index in [0.717, 1.165) is 0 Å². The molecule has 8 heteroatoms. The van der Waals surface area contributed by atoms with Crippen molar-refractivity contribution < 1.29 is 38.1 Å². The van der Waals surface area contributed by atoms with E-state index in [4.69, 9.17) is 23.7 Å². The van der Waals surface area contributed by atoms with Gasteiger partial charge in [0, 0.05) is 0 Å². The number of rotatable bonds is 7. The molecule has 2 atom stereocenters. The van der Waals surface area contributed by atoms with Crippen LogP contribution in [-0.2, 0) is 38.1 Å². The molecule has 132 valence electrons. The maximum Gasteiger partial charge on any atom is 0.342 e. The third-order valence-corrected chi connectivity index (χ3v) is 3.09. The molecule has 1 rings (SSSR count). The Labute approximate surface area is 135 Å². The summed E-state index contributed by atoms with van der Waals surface area (Å²) in [5, 5.41) is 0. The second-order valence-electron chi connectivity index (χ2n) is 5.34. The van der Waals surface area contributed by atoms with Crippen LogP contribution in [-0.4, -0.2) is 55.2 Å². The first-order valence-corrected chi connectivity index (χ1v) is 7.59. The van der Waals surface area contributed by atoms with Crippen molar-refractivity contribution in [3.8, 4) is 0 Å². The third-order valence-electron chi connectivity index (χ3n) is 3.09. The van der Waals surface area contributed by atoms with E-state index in [1.165, 1.54) is 13.8 Å². The Morgan fingerprint density at radius 1 is 0.957 bits per heavy atom.